The molecule has 0 atom stereocenters. The van der Waals surface area contributed by atoms with Gasteiger partial charge in [-0.1, -0.05) is 0 Å². The lowest BCUT2D eigenvalue weighted by Gasteiger charge is -2.07. The molecule has 3 nitrogen and oxygen atoms in total. The number of hydrogen-bond acceptors (Lipinski definition) is 3. The highest BCUT2D eigenvalue weighted by Crippen LogP contribution is 2.11. The molecule has 0 rings (SSSR count). The number of esters is 1. The summed E-state index contributed by atoms with van der Waals surface area (Å²) in [7, 11) is 0. The van der Waals surface area contributed by atoms with Crippen molar-refractivity contribution < 1.29 is 22.7 Å². The number of alkyl halides is 3. The van der Waals surface area contributed by atoms with E-state index in [9.17, 15) is 18.0 Å². The molecule has 0 heterocycles. The second-order valence-electron chi connectivity index (χ2n) is 2.35. The Hall–Kier alpha value is -0.780. The van der Waals surface area contributed by atoms with Gasteiger partial charge in [0.2, 0.25) is 0 Å². The Morgan fingerprint density at radius 2 is 2.08 bits per heavy atom. The second kappa shape index (κ2) is 5.80. The quantitative estimate of drug-likeness (QED) is 0.532. The molecule has 0 amide bonds. The second-order valence-corrected chi connectivity index (χ2v) is 2.35. The average molecular weight is 199 g/mol. The molecule has 0 spiro atoms. The molecule has 0 fully saturated rings. The third-order valence-corrected chi connectivity index (χ3v) is 1.14. The van der Waals surface area contributed by atoms with Crippen molar-refractivity contribution in [3.8, 4) is 0 Å². The number of carbonyl (C=O) groups is 1. The van der Waals surface area contributed by atoms with Crippen molar-refractivity contribution in [3.63, 3.8) is 0 Å². The SMILES string of the molecule is CCOC(=O)CCNCC(F)(F)F. The zero-order valence-electron chi connectivity index (χ0n) is 7.28. The molecule has 0 aromatic carbocycles. The van der Waals surface area contributed by atoms with Crippen molar-refractivity contribution in [1.82, 2.24) is 5.32 Å². The van der Waals surface area contributed by atoms with E-state index in [1.807, 2.05) is 0 Å². The number of ether oxygens (including phenoxy) is 1. The Morgan fingerprint density at radius 3 is 2.54 bits per heavy atom. The number of carbonyl (C=O) groups excluding carboxylic acids is 1. The van der Waals surface area contributed by atoms with Gasteiger partial charge in [0.1, 0.15) is 0 Å². The molecule has 1 N–H and O–H groups in total. The lowest BCUT2D eigenvalue weighted by molar-refractivity contribution is -0.143. The molecule has 0 aliphatic heterocycles. The van der Waals surface area contributed by atoms with Gasteiger partial charge in [-0.15, -0.1) is 0 Å². The molecular weight excluding hydrogens is 187 g/mol. The topological polar surface area (TPSA) is 38.3 Å². The van der Waals surface area contributed by atoms with E-state index in [1.54, 1.807) is 6.92 Å². The summed E-state index contributed by atoms with van der Waals surface area (Å²) in [6.45, 7) is 0.796. The molecule has 0 aliphatic carbocycles. The minimum Gasteiger partial charge on any atom is -0.466 e. The number of hydrogen-bond donors (Lipinski definition) is 1. The fraction of sp³-hybridized carbons (Fsp3) is 0.857. The van der Waals surface area contributed by atoms with Gasteiger partial charge in [-0.05, 0) is 6.92 Å². The molecule has 0 aliphatic rings. The van der Waals surface area contributed by atoms with Gasteiger partial charge in [-0.2, -0.15) is 13.2 Å². The van der Waals surface area contributed by atoms with Crippen LogP contribution in [-0.2, 0) is 9.53 Å². The lowest BCUT2D eigenvalue weighted by Crippen LogP contribution is -2.30. The summed E-state index contributed by atoms with van der Waals surface area (Å²) in [4.78, 5) is 10.6. The third-order valence-electron chi connectivity index (χ3n) is 1.14. The van der Waals surface area contributed by atoms with Gasteiger partial charge in [0.05, 0.1) is 19.6 Å². The predicted octanol–water partition coefficient (Wildman–Crippen LogP) is 1.09. The number of nitrogens with one attached hydrogen (secondary N) is 1. The molecule has 0 bridgehead atoms. The van der Waals surface area contributed by atoms with Gasteiger partial charge in [0.15, 0.2) is 0 Å². The van der Waals surface area contributed by atoms with Crippen LogP contribution in [0.3, 0.4) is 0 Å². The molecule has 13 heavy (non-hydrogen) atoms. The Balaban J connectivity index is 3.31. The van der Waals surface area contributed by atoms with Gasteiger partial charge in [0, 0.05) is 6.54 Å². The zero-order valence-corrected chi connectivity index (χ0v) is 7.28. The first-order chi connectivity index (χ1) is 5.95. The van der Waals surface area contributed by atoms with Gasteiger partial charge in [0.25, 0.3) is 0 Å². The smallest absolute Gasteiger partial charge is 0.401 e. The summed E-state index contributed by atoms with van der Waals surface area (Å²) in [5, 5.41) is 2.09. The van der Waals surface area contributed by atoms with Crippen LogP contribution in [-0.4, -0.2) is 31.8 Å². The maximum absolute atomic E-state index is 11.5. The lowest BCUT2D eigenvalue weighted by atomic mass is 10.4. The highest BCUT2D eigenvalue weighted by atomic mass is 19.4. The summed E-state index contributed by atoms with van der Waals surface area (Å²) in [5.74, 6) is -0.489. The summed E-state index contributed by atoms with van der Waals surface area (Å²) in [5.41, 5.74) is 0. The third kappa shape index (κ3) is 9.13. The van der Waals surface area contributed by atoms with Gasteiger partial charge < -0.3 is 10.1 Å². The van der Waals surface area contributed by atoms with Crippen LogP contribution < -0.4 is 5.32 Å². The molecule has 0 aromatic heterocycles. The molecule has 0 saturated heterocycles. The van der Waals surface area contributed by atoms with Gasteiger partial charge in [-0.25, -0.2) is 0 Å². The first-order valence-corrected chi connectivity index (χ1v) is 3.89. The van der Waals surface area contributed by atoms with Crippen molar-refractivity contribution in [2.45, 2.75) is 19.5 Å². The van der Waals surface area contributed by atoms with Crippen molar-refractivity contribution in [1.29, 1.82) is 0 Å². The van der Waals surface area contributed by atoms with Crippen LogP contribution in [0.25, 0.3) is 0 Å². The Bertz CT molecular complexity index is 158. The molecule has 0 aromatic rings. The first-order valence-electron chi connectivity index (χ1n) is 3.89. The fourth-order valence-corrected chi connectivity index (χ4v) is 0.654. The van der Waals surface area contributed by atoms with Crippen molar-refractivity contribution >= 4 is 5.97 Å². The molecule has 6 heteroatoms. The normalized spacial score (nSPS) is 11.4. The molecule has 0 radical (unpaired) electrons. The van der Waals surface area contributed by atoms with Crippen LogP contribution in [0, 0.1) is 0 Å². The molecular formula is C7H12F3NO2. The predicted molar refractivity (Wildman–Crippen MR) is 40.2 cm³/mol. The van der Waals surface area contributed by atoms with E-state index in [-0.39, 0.29) is 19.6 Å². The maximum Gasteiger partial charge on any atom is 0.401 e. The van der Waals surface area contributed by atoms with Crippen LogP contribution in [0.15, 0.2) is 0 Å². The van der Waals surface area contributed by atoms with Crippen LogP contribution >= 0.6 is 0 Å². The molecule has 0 unspecified atom stereocenters. The minimum atomic E-state index is -4.23. The summed E-state index contributed by atoms with van der Waals surface area (Å²) >= 11 is 0. The van der Waals surface area contributed by atoms with E-state index in [0.717, 1.165) is 0 Å². The Morgan fingerprint density at radius 1 is 1.46 bits per heavy atom. The van der Waals surface area contributed by atoms with Crippen molar-refractivity contribution in [2.75, 3.05) is 19.7 Å². The Labute approximate surface area is 74.3 Å². The standard InChI is InChI=1S/C7H12F3NO2/c1-2-13-6(12)3-4-11-5-7(8,9)10/h11H,2-5H2,1H3. The minimum absolute atomic E-state index is 0.0155. The van der Waals surface area contributed by atoms with Crippen molar-refractivity contribution in [2.24, 2.45) is 0 Å². The van der Waals surface area contributed by atoms with Crippen LogP contribution in [0.4, 0.5) is 13.2 Å². The van der Waals surface area contributed by atoms with E-state index in [1.165, 1.54) is 0 Å². The van der Waals surface area contributed by atoms with E-state index in [4.69, 9.17) is 0 Å². The van der Waals surface area contributed by atoms with E-state index in [0.29, 0.717) is 0 Å². The van der Waals surface area contributed by atoms with E-state index < -0.39 is 18.7 Å². The molecule has 0 saturated carbocycles. The van der Waals surface area contributed by atoms with Gasteiger partial charge >= 0.3 is 12.1 Å². The van der Waals surface area contributed by atoms with E-state index >= 15 is 0 Å². The summed E-state index contributed by atoms with van der Waals surface area (Å²) in [6, 6.07) is 0. The highest BCUT2D eigenvalue weighted by Gasteiger charge is 2.26. The summed E-state index contributed by atoms with van der Waals surface area (Å²) < 4.78 is 39.2. The zero-order chi connectivity index (χ0) is 10.3. The first kappa shape index (κ1) is 12.2. The number of halogens is 3. The number of rotatable bonds is 5. The fourth-order valence-electron chi connectivity index (χ4n) is 0.654. The average Bonchev–Trinajstić information content (AvgIpc) is 1.97. The molecule has 78 valence electrons. The van der Waals surface area contributed by atoms with E-state index in [2.05, 4.69) is 10.1 Å². The maximum atomic E-state index is 11.5. The van der Waals surface area contributed by atoms with Crippen molar-refractivity contribution in [3.05, 3.63) is 0 Å². The summed E-state index contributed by atoms with van der Waals surface area (Å²) in [6.07, 6.45) is -4.27. The largest absolute Gasteiger partial charge is 0.466 e. The monoisotopic (exact) mass is 199 g/mol. The van der Waals surface area contributed by atoms with Crippen LogP contribution in [0.5, 0.6) is 0 Å². The Kier molecular flexibility index (Phi) is 5.45. The van der Waals surface area contributed by atoms with Gasteiger partial charge in [-0.3, -0.25) is 4.79 Å². The van der Waals surface area contributed by atoms with Crippen LogP contribution in [0.2, 0.25) is 0 Å². The van der Waals surface area contributed by atoms with Crippen LogP contribution in [0.1, 0.15) is 13.3 Å². The highest BCUT2D eigenvalue weighted by molar-refractivity contribution is 5.69.